The lowest BCUT2D eigenvalue weighted by molar-refractivity contribution is -0.121. The lowest BCUT2D eigenvalue weighted by atomic mass is 9.96. The number of imidazole rings is 1. The maximum atomic E-state index is 12.7. The number of rotatable bonds is 5. The molecule has 1 aromatic heterocycles. The zero-order chi connectivity index (χ0) is 20.4. The second-order valence-electron chi connectivity index (χ2n) is 7.40. The number of para-hydroxylation sites is 2. The normalized spacial score (nSPS) is 15.7. The number of hydrogen-bond donors (Lipinski definition) is 1. The fourth-order valence-corrected chi connectivity index (χ4v) is 4.34. The summed E-state index contributed by atoms with van der Waals surface area (Å²) in [6, 6.07) is 13.5. The number of likely N-dealkylation sites (tertiary alicyclic amines) is 1. The monoisotopic (exact) mass is 430 g/mol. The van der Waals surface area contributed by atoms with Crippen molar-refractivity contribution in [3.8, 4) is 0 Å². The second-order valence-corrected chi connectivity index (χ2v) is 8.19. The van der Waals surface area contributed by atoms with Crippen LogP contribution in [0.25, 0.3) is 11.0 Å². The number of halogens is 2. The Morgan fingerprint density at radius 1 is 1.14 bits per heavy atom. The van der Waals surface area contributed by atoms with Crippen molar-refractivity contribution in [2.75, 3.05) is 18.4 Å². The standard InChI is InChI=1S/C22H24Cl2N4O/c1-2-28-19-9-4-3-7-17(19)25-20(28)14-27-12-10-15(11-13-27)22(29)26-18-8-5-6-16(23)21(18)24/h3-9,15H,2,10-14H2,1H3,(H,26,29). The summed E-state index contributed by atoms with van der Waals surface area (Å²) in [4.78, 5) is 19.9. The third-order valence-corrected chi connectivity index (χ3v) is 6.40. The molecule has 5 nitrogen and oxygen atoms in total. The number of aromatic nitrogens is 2. The van der Waals surface area contributed by atoms with Crippen LogP contribution >= 0.6 is 23.2 Å². The van der Waals surface area contributed by atoms with Crippen LogP contribution in [0.1, 0.15) is 25.6 Å². The van der Waals surface area contributed by atoms with Gasteiger partial charge < -0.3 is 9.88 Å². The van der Waals surface area contributed by atoms with Crippen molar-refractivity contribution in [1.29, 1.82) is 0 Å². The average molecular weight is 431 g/mol. The van der Waals surface area contributed by atoms with Crippen LogP contribution in [0.3, 0.4) is 0 Å². The van der Waals surface area contributed by atoms with E-state index in [2.05, 4.69) is 39.9 Å². The van der Waals surface area contributed by atoms with E-state index in [4.69, 9.17) is 28.2 Å². The van der Waals surface area contributed by atoms with Gasteiger partial charge in [0.05, 0.1) is 33.3 Å². The lowest BCUT2D eigenvalue weighted by Gasteiger charge is -2.31. The zero-order valence-corrected chi connectivity index (χ0v) is 17.9. The summed E-state index contributed by atoms with van der Waals surface area (Å²) in [7, 11) is 0. The number of piperidine rings is 1. The molecule has 1 saturated heterocycles. The first-order valence-corrected chi connectivity index (χ1v) is 10.7. The summed E-state index contributed by atoms with van der Waals surface area (Å²) in [6.45, 7) is 5.59. The topological polar surface area (TPSA) is 50.2 Å². The van der Waals surface area contributed by atoms with Crippen LogP contribution in [-0.2, 0) is 17.9 Å². The number of nitrogens with zero attached hydrogens (tertiary/aromatic N) is 3. The summed E-state index contributed by atoms with van der Waals surface area (Å²) >= 11 is 12.2. The van der Waals surface area contributed by atoms with Gasteiger partial charge in [-0.15, -0.1) is 0 Å². The third kappa shape index (κ3) is 4.27. The van der Waals surface area contributed by atoms with E-state index < -0.39 is 0 Å². The van der Waals surface area contributed by atoms with E-state index in [0.29, 0.717) is 15.7 Å². The van der Waals surface area contributed by atoms with E-state index >= 15 is 0 Å². The van der Waals surface area contributed by atoms with Gasteiger partial charge in [0.25, 0.3) is 0 Å². The smallest absolute Gasteiger partial charge is 0.227 e. The molecule has 3 aromatic rings. The van der Waals surface area contributed by atoms with E-state index in [-0.39, 0.29) is 11.8 Å². The highest BCUT2D eigenvalue weighted by molar-refractivity contribution is 6.44. The summed E-state index contributed by atoms with van der Waals surface area (Å²) < 4.78 is 2.27. The summed E-state index contributed by atoms with van der Waals surface area (Å²) in [5.74, 6) is 1.07. The zero-order valence-electron chi connectivity index (χ0n) is 16.4. The second kappa shape index (κ2) is 8.74. The first-order valence-electron chi connectivity index (χ1n) is 9.98. The number of carbonyl (C=O) groups excluding carboxylic acids is 1. The molecule has 0 atom stereocenters. The molecule has 0 radical (unpaired) electrons. The number of hydrogen-bond acceptors (Lipinski definition) is 3. The molecule has 29 heavy (non-hydrogen) atoms. The molecule has 1 aliphatic heterocycles. The average Bonchev–Trinajstić information content (AvgIpc) is 3.08. The molecular formula is C22H24Cl2N4O. The summed E-state index contributed by atoms with van der Waals surface area (Å²) in [5.41, 5.74) is 2.79. The molecule has 7 heteroatoms. The fourth-order valence-electron chi connectivity index (χ4n) is 3.99. The van der Waals surface area contributed by atoms with Crippen LogP contribution in [0.2, 0.25) is 10.0 Å². The summed E-state index contributed by atoms with van der Waals surface area (Å²) in [5, 5.41) is 3.76. The molecule has 0 spiro atoms. The SMILES string of the molecule is CCn1c(CN2CCC(C(=O)Nc3cccc(Cl)c3Cl)CC2)nc2ccccc21. The molecule has 0 unspecified atom stereocenters. The summed E-state index contributed by atoms with van der Waals surface area (Å²) in [6.07, 6.45) is 1.63. The van der Waals surface area contributed by atoms with Gasteiger partial charge in [-0.3, -0.25) is 9.69 Å². The number of amides is 1. The van der Waals surface area contributed by atoms with Crippen LogP contribution in [-0.4, -0.2) is 33.4 Å². The van der Waals surface area contributed by atoms with Gasteiger partial charge in [0.15, 0.2) is 0 Å². The molecule has 1 amide bonds. The first kappa shape index (κ1) is 20.2. The van der Waals surface area contributed by atoms with Crippen molar-refractivity contribution in [2.24, 2.45) is 5.92 Å². The van der Waals surface area contributed by atoms with Crippen molar-refractivity contribution in [2.45, 2.75) is 32.9 Å². The van der Waals surface area contributed by atoms with E-state index in [0.717, 1.165) is 50.4 Å². The first-order chi connectivity index (χ1) is 14.1. The predicted molar refractivity (Wildman–Crippen MR) is 118 cm³/mol. The van der Waals surface area contributed by atoms with E-state index in [1.807, 2.05) is 6.07 Å². The van der Waals surface area contributed by atoms with Crippen molar-refractivity contribution >= 4 is 45.8 Å². The number of nitrogens with one attached hydrogen (secondary N) is 1. The Labute approximate surface area is 180 Å². The van der Waals surface area contributed by atoms with E-state index in [9.17, 15) is 4.79 Å². The van der Waals surface area contributed by atoms with Gasteiger partial charge in [-0.05, 0) is 57.1 Å². The number of anilines is 1. The lowest BCUT2D eigenvalue weighted by Crippen LogP contribution is -2.38. The maximum Gasteiger partial charge on any atom is 0.227 e. The Bertz CT molecular complexity index is 1020. The number of benzene rings is 2. The third-order valence-electron chi connectivity index (χ3n) is 5.58. The molecule has 152 valence electrons. The Hall–Kier alpha value is -2.08. The van der Waals surface area contributed by atoms with Gasteiger partial charge in [0.1, 0.15) is 5.82 Å². The Morgan fingerprint density at radius 3 is 2.66 bits per heavy atom. The minimum Gasteiger partial charge on any atom is -0.327 e. The number of fused-ring (bicyclic) bond motifs is 1. The minimum absolute atomic E-state index is 0.00890. The van der Waals surface area contributed by atoms with Crippen LogP contribution in [0.15, 0.2) is 42.5 Å². The Kier molecular flexibility index (Phi) is 6.09. The Morgan fingerprint density at radius 2 is 1.90 bits per heavy atom. The quantitative estimate of drug-likeness (QED) is 0.603. The number of carbonyl (C=O) groups is 1. The molecule has 0 bridgehead atoms. The molecule has 2 heterocycles. The molecule has 1 N–H and O–H groups in total. The van der Waals surface area contributed by atoms with Gasteiger partial charge in [-0.1, -0.05) is 41.4 Å². The van der Waals surface area contributed by atoms with Crippen LogP contribution in [0.4, 0.5) is 5.69 Å². The molecule has 1 fully saturated rings. The van der Waals surface area contributed by atoms with E-state index in [1.165, 1.54) is 5.52 Å². The molecular weight excluding hydrogens is 407 g/mol. The van der Waals surface area contributed by atoms with Gasteiger partial charge in [0.2, 0.25) is 5.91 Å². The van der Waals surface area contributed by atoms with Crippen molar-refractivity contribution in [1.82, 2.24) is 14.5 Å². The van der Waals surface area contributed by atoms with Gasteiger partial charge >= 0.3 is 0 Å². The van der Waals surface area contributed by atoms with Gasteiger partial charge in [0, 0.05) is 12.5 Å². The molecule has 0 saturated carbocycles. The van der Waals surface area contributed by atoms with Gasteiger partial charge in [-0.25, -0.2) is 4.98 Å². The maximum absolute atomic E-state index is 12.7. The highest BCUT2D eigenvalue weighted by atomic mass is 35.5. The molecule has 2 aromatic carbocycles. The van der Waals surface area contributed by atoms with Gasteiger partial charge in [-0.2, -0.15) is 0 Å². The predicted octanol–water partition coefficient (Wildman–Crippen LogP) is 5.21. The fraction of sp³-hybridized carbons (Fsp3) is 0.364. The van der Waals surface area contributed by atoms with E-state index in [1.54, 1.807) is 18.2 Å². The highest BCUT2D eigenvalue weighted by Gasteiger charge is 2.26. The largest absolute Gasteiger partial charge is 0.327 e. The van der Waals surface area contributed by atoms with Crippen LogP contribution < -0.4 is 5.32 Å². The van der Waals surface area contributed by atoms with Crippen molar-refractivity contribution in [3.05, 3.63) is 58.3 Å². The Balaban J connectivity index is 1.37. The molecule has 4 rings (SSSR count). The highest BCUT2D eigenvalue weighted by Crippen LogP contribution is 2.30. The van der Waals surface area contributed by atoms with Crippen LogP contribution in [0.5, 0.6) is 0 Å². The molecule has 0 aliphatic carbocycles. The van der Waals surface area contributed by atoms with Crippen LogP contribution in [0, 0.1) is 5.92 Å². The molecule has 1 aliphatic rings. The van der Waals surface area contributed by atoms with Crippen molar-refractivity contribution in [3.63, 3.8) is 0 Å². The number of aryl methyl sites for hydroxylation is 1. The van der Waals surface area contributed by atoms with Crippen molar-refractivity contribution < 1.29 is 4.79 Å². The minimum atomic E-state index is -0.0220.